The molecule has 2 rings (SSSR count). The Bertz CT molecular complexity index is 424. The van der Waals surface area contributed by atoms with Gasteiger partial charge in [-0.15, -0.1) is 0 Å². The number of amides is 1. The van der Waals surface area contributed by atoms with Gasteiger partial charge in [-0.05, 0) is 32.5 Å². The molecule has 0 heterocycles. The number of benzene rings is 1. The molecule has 1 aliphatic rings. The van der Waals surface area contributed by atoms with E-state index in [4.69, 9.17) is 0 Å². The third-order valence-corrected chi connectivity index (χ3v) is 4.30. The molecule has 1 saturated carbocycles. The van der Waals surface area contributed by atoms with Crippen LogP contribution in [0.2, 0.25) is 0 Å². The molecule has 0 aromatic heterocycles. The fourth-order valence-electron chi connectivity index (χ4n) is 3.00. The topological polar surface area (TPSA) is 23.6 Å². The predicted octanol–water partition coefficient (Wildman–Crippen LogP) is 3.16. The van der Waals surface area contributed by atoms with Crippen molar-refractivity contribution in [1.82, 2.24) is 9.80 Å². The molecule has 1 aromatic rings. The van der Waals surface area contributed by atoms with Crippen LogP contribution in [0.25, 0.3) is 0 Å². The molecule has 0 unspecified atom stereocenters. The molecular formula is C18H28N2O. The van der Waals surface area contributed by atoms with Crippen LogP contribution in [0.4, 0.5) is 0 Å². The van der Waals surface area contributed by atoms with Gasteiger partial charge in [-0.25, -0.2) is 0 Å². The molecule has 3 nitrogen and oxygen atoms in total. The Hall–Kier alpha value is -1.35. The molecule has 3 heteroatoms. The quantitative estimate of drug-likeness (QED) is 0.803. The molecule has 0 bridgehead atoms. The summed E-state index contributed by atoms with van der Waals surface area (Å²) in [5, 5.41) is 0. The monoisotopic (exact) mass is 288 g/mol. The average molecular weight is 288 g/mol. The summed E-state index contributed by atoms with van der Waals surface area (Å²) in [4.78, 5) is 17.0. The van der Waals surface area contributed by atoms with Crippen molar-refractivity contribution in [2.75, 3.05) is 27.2 Å². The van der Waals surface area contributed by atoms with E-state index in [1.54, 1.807) is 0 Å². The second kappa shape index (κ2) is 8.18. The highest BCUT2D eigenvalue weighted by atomic mass is 16.2. The van der Waals surface area contributed by atoms with Crippen LogP contribution >= 0.6 is 0 Å². The number of rotatable bonds is 6. The van der Waals surface area contributed by atoms with Crippen LogP contribution in [0, 0.1) is 5.92 Å². The lowest BCUT2D eigenvalue weighted by molar-refractivity contribution is -0.137. The van der Waals surface area contributed by atoms with E-state index >= 15 is 0 Å². The first-order valence-corrected chi connectivity index (χ1v) is 8.14. The Morgan fingerprint density at radius 3 is 2.33 bits per heavy atom. The highest BCUT2D eigenvalue weighted by Crippen LogP contribution is 2.26. The van der Waals surface area contributed by atoms with Gasteiger partial charge in [-0.1, -0.05) is 49.6 Å². The second-order valence-corrected chi connectivity index (χ2v) is 6.38. The Morgan fingerprint density at radius 1 is 1.05 bits per heavy atom. The van der Waals surface area contributed by atoms with Crippen molar-refractivity contribution in [2.24, 2.45) is 5.92 Å². The highest BCUT2D eigenvalue weighted by molar-refractivity contribution is 5.79. The molecular weight excluding hydrogens is 260 g/mol. The number of likely N-dealkylation sites (N-methyl/N-ethyl adjacent to an activating group) is 1. The Morgan fingerprint density at radius 2 is 1.71 bits per heavy atom. The van der Waals surface area contributed by atoms with Crippen molar-refractivity contribution in [3.8, 4) is 0 Å². The van der Waals surface area contributed by atoms with E-state index in [-0.39, 0.29) is 5.92 Å². The minimum Gasteiger partial charge on any atom is -0.337 e. The molecule has 1 aliphatic carbocycles. The van der Waals surface area contributed by atoms with Crippen molar-refractivity contribution in [1.29, 1.82) is 0 Å². The largest absolute Gasteiger partial charge is 0.337 e. The highest BCUT2D eigenvalue weighted by Gasteiger charge is 2.25. The fourth-order valence-corrected chi connectivity index (χ4v) is 3.00. The molecule has 0 spiro atoms. The summed E-state index contributed by atoms with van der Waals surface area (Å²) < 4.78 is 0. The standard InChI is InChI=1S/C18H28N2O/c1-19(2)13-14-20(15-16-9-5-3-6-10-16)18(21)17-11-7-4-8-12-17/h3,5-6,9-10,17H,4,7-8,11-15H2,1-2H3. The summed E-state index contributed by atoms with van der Waals surface area (Å²) in [6, 6.07) is 10.3. The average Bonchev–Trinajstić information content (AvgIpc) is 2.52. The second-order valence-electron chi connectivity index (χ2n) is 6.38. The van der Waals surface area contributed by atoms with Crippen molar-refractivity contribution in [2.45, 2.75) is 38.6 Å². The van der Waals surface area contributed by atoms with Gasteiger partial charge in [0.2, 0.25) is 5.91 Å². The lowest BCUT2D eigenvalue weighted by atomic mass is 9.88. The van der Waals surface area contributed by atoms with Crippen LogP contribution in [0.15, 0.2) is 30.3 Å². The first kappa shape index (κ1) is 16.0. The molecule has 0 atom stereocenters. The summed E-state index contributed by atoms with van der Waals surface area (Å²) in [7, 11) is 4.12. The molecule has 116 valence electrons. The van der Waals surface area contributed by atoms with E-state index in [0.29, 0.717) is 5.91 Å². The molecule has 0 aliphatic heterocycles. The zero-order valence-electron chi connectivity index (χ0n) is 13.4. The van der Waals surface area contributed by atoms with Crippen LogP contribution in [0.5, 0.6) is 0 Å². The van der Waals surface area contributed by atoms with E-state index in [0.717, 1.165) is 32.5 Å². The maximum Gasteiger partial charge on any atom is 0.226 e. The first-order chi connectivity index (χ1) is 10.2. The third-order valence-electron chi connectivity index (χ3n) is 4.30. The lowest BCUT2D eigenvalue weighted by Crippen LogP contribution is -2.40. The summed E-state index contributed by atoms with van der Waals surface area (Å²) in [5.74, 6) is 0.616. The molecule has 0 N–H and O–H groups in total. The number of carbonyl (C=O) groups excluding carboxylic acids is 1. The van der Waals surface area contributed by atoms with Crippen LogP contribution in [0.1, 0.15) is 37.7 Å². The van der Waals surface area contributed by atoms with Crippen LogP contribution in [-0.2, 0) is 11.3 Å². The SMILES string of the molecule is CN(C)CCN(Cc1ccccc1)C(=O)C1CCCCC1. The molecule has 21 heavy (non-hydrogen) atoms. The van der Waals surface area contributed by atoms with Crippen LogP contribution in [-0.4, -0.2) is 42.9 Å². The van der Waals surface area contributed by atoms with Gasteiger partial charge in [-0.3, -0.25) is 4.79 Å². The zero-order valence-corrected chi connectivity index (χ0v) is 13.4. The van der Waals surface area contributed by atoms with Crippen molar-refractivity contribution >= 4 is 5.91 Å². The van der Waals surface area contributed by atoms with Crippen molar-refractivity contribution < 1.29 is 4.79 Å². The number of hydrogen-bond donors (Lipinski definition) is 0. The molecule has 1 aromatic carbocycles. The van der Waals surface area contributed by atoms with Crippen LogP contribution in [0.3, 0.4) is 0 Å². The van der Waals surface area contributed by atoms with E-state index in [1.165, 1.54) is 24.8 Å². The van der Waals surface area contributed by atoms with E-state index < -0.39 is 0 Å². The maximum absolute atomic E-state index is 12.8. The summed E-state index contributed by atoms with van der Waals surface area (Å²) in [5.41, 5.74) is 1.22. The summed E-state index contributed by atoms with van der Waals surface area (Å²) in [6.45, 7) is 2.48. The van der Waals surface area contributed by atoms with Gasteiger partial charge in [0.25, 0.3) is 0 Å². The first-order valence-electron chi connectivity index (χ1n) is 8.14. The Kier molecular flexibility index (Phi) is 6.24. The van der Waals surface area contributed by atoms with Crippen molar-refractivity contribution in [3.63, 3.8) is 0 Å². The molecule has 1 amide bonds. The predicted molar refractivity (Wildman–Crippen MR) is 87.0 cm³/mol. The van der Waals surface area contributed by atoms with E-state index in [2.05, 4.69) is 36.0 Å². The van der Waals surface area contributed by atoms with Gasteiger partial charge in [0, 0.05) is 25.6 Å². The Labute approximate surface area is 128 Å². The lowest BCUT2D eigenvalue weighted by Gasteiger charge is -2.30. The van der Waals surface area contributed by atoms with Gasteiger partial charge in [0.05, 0.1) is 0 Å². The van der Waals surface area contributed by atoms with Gasteiger partial charge < -0.3 is 9.80 Å². The molecule has 0 saturated heterocycles. The van der Waals surface area contributed by atoms with Gasteiger partial charge in [0.15, 0.2) is 0 Å². The number of carbonyl (C=O) groups is 1. The van der Waals surface area contributed by atoms with Gasteiger partial charge in [-0.2, -0.15) is 0 Å². The number of hydrogen-bond acceptors (Lipinski definition) is 2. The minimum atomic E-state index is 0.254. The normalized spacial score (nSPS) is 16.1. The van der Waals surface area contributed by atoms with Gasteiger partial charge in [0.1, 0.15) is 0 Å². The molecule has 0 radical (unpaired) electrons. The summed E-state index contributed by atoms with van der Waals surface area (Å²) >= 11 is 0. The fraction of sp³-hybridized carbons (Fsp3) is 0.611. The van der Waals surface area contributed by atoms with E-state index in [1.807, 2.05) is 18.2 Å². The van der Waals surface area contributed by atoms with Gasteiger partial charge >= 0.3 is 0 Å². The zero-order chi connectivity index (χ0) is 15.1. The maximum atomic E-state index is 12.8. The third kappa shape index (κ3) is 5.16. The molecule has 1 fully saturated rings. The number of nitrogens with zero attached hydrogens (tertiary/aromatic N) is 2. The summed E-state index contributed by atoms with van der Waals surface area (Å²) in [6.07, 6.45) is 5.87. The van der Waals surface area contributed by atoms with E-state index in [9.17, 15) is 4.79 Å². The van der Waals surface area contributed by atoms with Crippen molar-refractivity contribution in [3.05, 3.63) is 35.9 Å². The van der Waals surface area contributed by atoms with Crippen LogP contribution < -0.4 is 0 Å². The minimum absolute atomic E-state index is 0.254. The Balaban J connectivity index is 2.01. The smallest absolute Gasteiger partial charge is 0.226 e.